The van der Waals surface area contributed by atoms with Gasteiger partial charge in [0, 0.05) is 18.2 Å². The summed E-state index contributed by atoms with van der Waals surface area (Å²) in [6.45, 7) is 7.78. The van der Waals surface area contributed by atoms with Crippen LogP contribution in [0.3, 0.4) is 0 Å². The first kappa shape index (κ1) is 30.7. The second kappa shape index (κ2) is 14.5. The molecule has 0 radical (unpaired) electrons. The molecule has 0 bridgehead atoms. The predicted molar refractivity (Wildman–Crippen MR) is 149 cm³/mol. The molecule has 1 atom stereocenters. The molecule has 3 rings (SSSR count). The normalized spacial score (nSPS) is 12.0. The molecule has 0 spiro atoms. The van der Waals surface area contributed by atoms with Gasteiger partial charge in [-0.3, -0.25) is 14.4 Å². The van der Waals surface area contributed by atoms with Crippen LogP contribution < -0.4 is 16.4 Å². The Hall–Kier alpha value is -4.87. The number of oxime groups is 1. The highest BCUT2D eigenvalue weighted by molar-refractivity contribution is 5.98. The molecule has 216 valence electrons. The first-order chi connectivity index (χ1) is 19.6. The van der Waals surface area contributed by atoms with Crippen LogP contribution in [0.1, 0.15) is 77.0 Å². The van der Waals surface area contributed by atoms with Crippen molar-refractivity contribution >= 4 is 23.8 Å². The van der Waals surface area contributed by atoms with Crippen molar-refractivity contribution in [1.82, 2.24) is 20.6 Å². The van der Waals surface area contributed by atoms with Crippen LogP contribution in [0.4, 0.5) is 9.18 Å². The fraction of sp³-hybridized carbons (Fsp3) is 0.310. The summed E-state index contributed by atoms with van der Waals surface area (Å²) in [5, 5.41) is 9.13. The van der Waals surface area contributed by atoms with Crippen molar-refractivity contribution in [3.8, 4) is 0 Å². The van der Waals surface area contributed by atoms with Gasteiger partial charge in [-0.05, 0) is 42.0 Å². The number of carbonyl (C=O) groups excluding carboxylic acids is 3. The summed E-state index contributed by atoms with van der Waals surface area (Å²) < 4.78 is 18.6. The van der Waals surface area contributed by atoms with E-state index in [1.165, 1.54) is 12.1 Å². The lowest BCUT2D eigenvalue weighted by molar-refractivity contribution is 0.0494. The molecule has 0 unspecified atom stereocenters. The predicted octanol–water partition coefficient (Wildman–Crippen LogP) is 4.03. The summed E-state index contributed by atoms with van der Waals surface area (Å²) in [4.78, 5) is 49.6. The molecule has 3 aromatic rings. The van der Waals surface area contributed by atoms with Crippen molar-refractivity contribution in [2.45, 2.75) is 46.7 Å². The summed E-state index contributed by atoms with van der Waals surface area (Å²) in [5.41, 5.74) is 8.48. The highest BCUT2D eigenvalue weighted by atomic mass is 19.1. The van der Waals surface area contributed by atoms with Crippen LogP contribution in [0.15, 0.2) is 60.0 Å². The number of aromatic nitrogens is 2. The Labute approximate surface area is 237 Å². The molecule has 0 aliphatic heterocycles. The Bertz CT molecular complexity index is 1410. The van der Waals surface area contributed by atoms with E-state index in [9.17, 15) is 18.8 Å². The molecule has 12 heteroatoms. The second-order valence-electron chi connectivity index (χ2n) is 9.59. The van der Waals surface area contributed by atoms with E-state index in [1.807, 2.05) is 20.8 Å². The van der Waals surface area contributed by atoms with Crippen molar-refractivity contribution in [3.05, 3.63) is 94.3 Å². The van der Waals surface area contributed by atoms with Crippen LogP contribution in [0.2, 0.25) is 0 Å². The molecule has 4 N–H and O–H groups in total. The fourth-order valence-corrected chi connectivity index (χ4v) is 3.58. The zero-order valence-corrected chi connectivity index (χ0v) is 23.3. The SMILES string of the molecule is CCc1cc(CNC(=O)c2cc(C(=O)N[C@@H](C)c3ccc(/C(N)=N/OC(=O)OCC(C)C)cc3)ncn2)ccc1F. The van der Waals surface area contributed by atoms with Crippen LogP contribution in [0, 0.1) is 11.7 Å². The van der Waals surface area contributed by atoms with Gasteiger partial charge >= 0.3 is 6.16 Å². The van der Waals surface area contributed by atoms with E-state index in [4.69, 9.17) is 10.5 Å². The Morgan fingerprint density at radius 1 is 1.00 bits per heavy atom. The topological polar surface area (TPSA) is 158 Å². The molecule has 0 saturated heterocycles. The molecule has 41 heavy (non-hydrogen) atoms. The van der Waals surface area contributed by atoms with Gasteiger partial charge in [0.2, 0.25) is 0 Å². The Kier molecular flexibility index (Phi) is 10.8. The van der Waals surface area contributed by atoms with Gasteiger partial charge < -0.3 is 21.1 Å². The number of amidine groups is 1. The summed E-state index contributed by atoms with van der Waals surface area (Å²) in [6, 6.07) is 12.3. The summed E-state index contributed by atoms with van der Waals surface area (Å²) in [5.74, 6) is -1.15. The van der Waals surface area contributed by atoms with E-state index in [0.29, 0.717) is 17.5 Å². The van der Waals surface area contributed by atoms with E-state index in [1.54, 1.807) is 43.3 Å². The number of benzene rings is 2. The van der Waals surface area contributed by atoms with Crippen LogP contribution >= 0.6 is 0 Å². The fourth-order valence-electron chi connectivity index (χ4n) is 3.58. The van der Waals surface area contributed by atoms with E-state index in [-0.39, 0.29) is 42.1 Å². The zero-order chi connectivity index (χ0) is 29.9. The summed E-state index contributed by atoms with van der Waals surface area (Å²) in [7, 11) is 0. The number of hydrogen-bond donors (Lipinski definition) is 3. The minimum atomic E-state index is -0.946. The van der Waals surface area contributed by atoms with Crippen LogP contribution in [0.25, 0.3) is 0 Å². The molecule has 0 aliphatic rings. The first-order valence-corrected chi connectivity index (χ1v) is 13.0. The number of nitrogens with one attached hydrogen (secondary N) is 2. The highest BCUT2D eigenvalue weighted by Gasteiger charge is 2.16. The van der Waals surface area contributed by atoms with Crippen molar-refractivity contribution in [2.24, 2.45) is 16.8 Å². The molecule has 0 saturated carbocycles. The lowest BCUT2D eigenvalue weighted by atomic mass is 10.1. The largest absolute Gasteiger partial charge is 0.535 e. The average molecular weight is 565 g/mol. The maximum atomic E-state index is 13.7. The molecular weight excluding hydrogens is 531 g/mol. The Morgan fingerprint density at radius 3 is 2.34 bits per heavy atom. The number of nitrogens with two attached hydrogens (primary N) is 1. The quantitative estimate of drug-likeness (QED) is 0.104. The summed E-state index contributed by atoms with van der Waals surface area (Å²) >= 11 is 0. The standard InChI is InChI=1S/C29H33FN6O5/c1-5-20-12-19(6-11-23(20)30)14-32-27(37)24-13-25(34-16-33-24)28(38)35-18(4)21-7-9-22(10-8-21)26(31)36-41-29(39)40-15-17(2)3/h6-13,16-18H,5,14-15H2,1-4H3,(H2,31,36)(H,32,37)(H,35,38)/t18-/m0/s1. The third-order valence-electron chi connectivity index (χ3n) is 5.88. The molecule has 0 aliphatic carbocycles. The zero-order valence-electron chi connectivity index (χ0n) is 23.3. The smallest absolute Gasteiger partial charge is 0.432 e. The van der Waals surface area contributed by atoms with Crippen LogP contribution in [-0.4, -0.2) is 40.4 Å². The maximum Gasteiger partial charge on any atom is 0.535 e. The van der Waals surface area contributed by atoms with Crippen molar-refractivity contribution in [3.63, 3.8) is 0 Å². The minimum Gasteiger partial charge on any atom is -0.432 e. The van der Waals surface area contributed by atoms with Gasteiger partial charge in [0.25, 0.3) is 11.8 Å². The lowest BCUT2D eigenvalue weighted by Crippen LogP contribution is -2.29. The van der Waals surface area contributed by atoms with E-state index >= 15 is 0 Å². The minimum absolute atomic E-state index is 0.0153. The molecule has 2 amide bonds. The first-order valence-electron chi connectivity index (χ1n) is 13.0. The van der Waals surface area contributed by atoms with E-state index in [0.717, 1.165) is 17.5 Å². The van der Waals surface area contributed by atoms with Gasteiger partial charge in [-0.25, -0.2) is 19.2 Å². The van der Waals surface area contributed by atoms with Gasteiger partial charge in [0.1, 0.15) is 23.5 Å². The van der Waals surface area contributed by atoms with Crippen LogP contribution in [0.5, 0.6) is 0 Å². The lowest BCUT2D eigenvalue weighted by Gasteiger charge is -2.15. The van der Waals surface area contributed by atoms with Gasteiger partial charge in [-0.2, -0.15) is 0 Å². The number of rotatable bonds is 11. The number of halogens is 1. The summed E-state index contributed by atoms with van der Waals surface area (Å²) in [6.07, 6.45) is 0.728. The second-order valence-corrected chi connectivity index (χ2v) is 9.59. The van der Waals surface area contributed by atoms with Gasteiger partial charge in [-0.1, -0.05) is 62.3 Å². The monoisotopic (exact) mass is 564 g/mol. The number of aryl methyl sites for hydroxylation is 1. The Morgan fingerprint density at radius 2 is 1.68 bits per heavy atom. The van der Waals surface area contributed by atoms with E-state index in [2.05, 4.69) is 30.6 Å². The third kappa shape index (κ3) is 9.09. The van der Waals surface area contributed by atoms with Crippen LogP contribution in [-0.2, 0) is 22.5 Å². The molecule has 0 fully saturated rings. The molecule has 1 heterocycles. The van der Waals surface area contributed by atoms with Gasteiger partial charge in [0.15, 0.2) is 5.84 Å². The van der Waals surface area contributed by atoms with Crippen molar-refractivity contribution in [2.75, 3.05) is 6.61 Å². The highest BCUT2D eigenvalue weighted by Crippen LogP contribution is 2.15. The molecule has 2 aromatic carbocycles. The maximum absolute atomic E-state index is 13.7. The number of nitrogens with zero attached hydrogens (tertiary/aromatic N) is 3. The van der Waals surface area contributed by atoms with Crippen molar-refractivity contribution < 1.29 is 28.3 Å². The number of carbonyl (C=O) groups is 3. The Balaban J connectivity index is 1.57. The third-order valence-corrected chi connectivity index (χ3v) is 5.88. The van der Waals surface area contributed by atoms with Gasteiger partial charge in [-0.15, -0.1) is 0 Å². The molecular formula is C29H33FN6O5. The molecule has 11 nitrogen and oxygen atoms in total. The number of amides is 2. The average Bonchev–Trinajstić information content (AvgIpc) is 2.98. The number of ether oxygens (including phenoxy) is 1. The number of hydrogen-bond acceptors (Lipinski definition) is 8. The van der Waals surface area contributed by atoms with Gasteiger partial charge in [0.05, 0.1) is 12.6 Å². The van der Waals surface area contributed by atoms with Crippen molar-refractivity contribution in [1.29, 1.82) is 0 Å². The molecule has 1 aromatic heterocycles. The van der Waals surface area contributed by atoms with E-state index < -0.39 is 24.0 Å².